The zero-order valence-electron chi connectivity index (χ0n) is 29.6. The van der Waals surface area contributed by atoms with Crippen molar-refractivity contribution in [3.8, 4) is 0 Å². The van der Waals surface area contributed by atoms with Crippen LogP contribution in [0.2, 0.25) is 0 Å². The van der Waals surface area contributed by atoms with Crippen molar-refractivity contribution < 1.29 is 13.5 Å². The quantitative estimate of drug-likeness (QED) is 0.204. The van der Waals surface area contributed by atoms with Gasteiger partial charge in [-0.2, -0.15) is 0 Å². The summed E-state index contributed by atoms with van der Waals surface area (Å²) in [6.07, 6.45) is 21.3. The van der Waals surface area contributed by atoms with Gasteiger partial charge in [0.1, 0.15) is 0 Å². The summed E-state index contributed by atoms with van der Waals surface area (Å²) in [5.41, 5.74) is 13.7. The Kier molecular flexibility index (Phi) is 11.7. The molecule has 1 aliphatic heterocycles. The molecule has 3 aliphatic carbocycles. The van der Waals surface area contributed by atoms with Crippen LogP contribution in [-0.2, 0) is 13.5 Å². The van der Waals surface area contributed by atoms with Crippen molar-refractivity contribution >= 4 is 41.9 Å². The van der Waals surface area contributed by atoms with Crippen molar-refractivity contribution in [2.75, 3.05) is 22.9 Å². The molecule has 0 N–H and O–H groups in total. The molecule has 0 radical (unpaired) electrons. The molecule has 2 aromatic carbocycles. The summed E-state index contributed by atoms with van der Waals surface area (Å²) in [6, 6.07) is 9.64. The molecule has 0 unspecified atom stereocenters. The first-order valence-electron chi connectivity index (χ1n) is 18.6. The molecule has 0 spiro atoms. The van der Waals surface area contributed by atoms with Crippen LogP contribution >= 0.6 is 26.6 Å². The number of hydrogen-bond donors (Lipinski definition) is 0. The number of hydrogen-bond acceptors (Lipinski definition) is 2. The molecule has 0 atom stereocenters. The Labute approximate surface area is 295 Å². The monoisotopic (exact) mass is 771 g/mol. The molecular weight excluding hydrogens is 711 g/mol. The third-order valence-electron chi connectivity index (χ3n) is 12.3. The number of nitrogens with zero attached hydrogens (tertiary/aromatic N) is 2. The molecule has 2 nitrogen and oxygen atoms in total. The number of anilines is 2. The Morgan fingerprint density at radius 1 is 0.543 bits per heavy atom. The second-order valence-electron chi connectivity index (χ2n) is 15.5. The Hall–Kier alpha value is -0.457. The van der Waals surface area contributed by atoms with Gasteiger partial charge in [0.15, 0.2) is 0 Å². The molecule has 6 rings (SSSR count). The maximum absolute atomic E-state index is 7.83. The van der Waals surface area contributed by atoms with Gasteiger partial charge in [0, 0.05) is 0 Å². The van der Waals surface area contributed by atoms with Gasteiger partial charge in [0.2, 0.25) is 0 Å². The van der Waals surface area contributed by atoms with Gasteiger partial charge in [-0.3, -0.25) is 0 Å². The van der Waals surface area contributed by atoms with Crippen molar-refractivity contribution in [1.29, 1.82) is 0 Å². The van der Waals surface area contributed by atoms with Crippen LogP contribution in [0.4, 0.5) is 11.4 Å². The Bertz CT molecular complexity index is 1260. The molecule has 0 aromatic heterocycles. The summed E-state index contributed by atoms with van der Waals surface area (Å²) in [5, 5.41) is 0. The molecule has 1 heterocycles. The summed E-state index contributed by atoms with van der Waals surface area (Å²) in [7, 11) is 14.0. The maximum atomic E-state index is 7.83. The molecule has 6 heteroatoms. The van der Waals surface area contributed by atoms with E-state index < -0.39 is 20.8 Å². The van der Waals surface area contributed by atoms with E-state index in [1.54, 1.807) is 3.85 Å². The fourth-order valence-electron chi connectivity index (χ4n) is 10.9. The number of benzene rings is 2. The molecule has 2 aromatic rings. The fourth-order valence-corrected chi connectivity index (χ4v) is 28.0. The zero-order chi connectivity index (χ0) is 32.6. The molecule has 4 fully saturated rings. The van der Waals surface area contributed by atoms with E-state index in [1.807, 2.05) is 0 Å². The van der Waals surface area contributed by atoms with Gasteiger partial charge < -0.3 is 0 Å². The van der Waals surface area contributed by atoms with Crippen LogP contribution in [0.3, 0.4) is 0 Å². The molecule has 256 valence electrons. The van der Waals surface area contributed by atoms with Gasteiger partial charge in [-0.25, -0.2) is 0 Å². The van der Waals surface area contributed by atoms with Gasteiger partial charge in [-0.15, -0.1) is 0 Å². The van der Waals surface area contributed by atoms with E-state index in [2.05, 4.69) is 75.6 Å². The Morgan fingerprint density at radius 2 is 0.848 bits per heavy atom. The normalized spacial score (nSPS) is 21.7. The van der Waals surface area contributed by atoms with Gasteiger partial charge in [-0.1, -0.05) is 0 Å². The zero-order valence-corrected chi connectivity index (χ0v) is 33.7. The topological polar surface area (TPSA) is 6.48 Å². The summed E-state index contributed by atoms with van der Waals surface area (Å²) in [6.45, 7) is 15.9. The second kappa shape index (κ2) is 15.2. The third-order valence-corrected chi connectivity index (χ3v) is 25.3. The van der Waals surface area contributed by atoms with E-state index in [0.717, 1.165) is 30.1 Å². The van der Waals surface area contributed by atoms with Gasteiger partial charge in [-0.05, 0) is 0 Å². The van der Waals surface area contributed by atoms with Crippen LogP contribution in [0.1, 0.15) is 130 Å². The van der Waals surface area contributed by atoms with Gasteiger partial charge in [0.25, 0.3) is 0 Å². The SMILES string of the molecule is Cc1cc(C)c(N2CCN(c3c(C)cc(C)cc3C)C2[C](=[Ru]([Cl])[Cl])[P+](C2CCCCC2)(C2CCCCC2)C2CCCCC2)c(C)c1. The van der Waals surface area contributed by atoms with Crippen LogP contribution < -0.4 is 9.80 Å². The first-order valence-corrected chi connectivity index (χ1v) is 25.9. The average Bonchev–Trinajstić information content (AvgIpc) is 3.42. The van der Waals surface area contributed by atoms with E-state index >= 15 is 0 Å². The third kappa shape index (κ3) is 6.69. The first-order chi connectivity index (χ1) is 22.1. The number of rotatable bonds is 7. The molecule has 0 amide bonds. The summed E-state index contributed by atoms with van der Waals surface area (Å²) in [5.74, 6) is 0. The number of halogens is 2. The van der Waals surface area contributed by atoms with Crippen LogP contribution in [0.15, 0.2) is 24.3 Å². The van der Waals surface area contributed by atoms with Crippen molar-refractivity contribution in [1.82, 2.24) is 0 Å². The van der Waals surface area contributed by atoms with Crippen molar-refractivity contribution in [2.45, 2.75) is 161 Å². The first kappa shape index (κ1) is 35.4. The van der Waals surface area contributed by atoms with Crippen LogP contribution in [-0.4, -0.2) is 40.1 Å². The predicted octanol–water partition coefficient (Wildman–Crippen LogP) is 12.3. The van der Waals surface area contributed by atoms with Crippen molar-refractivity contribution in [3.63, 3.8) is 0 Å². The number of aryl methyl sites for hydroxylation is 6. The minimum absolute atomic E-state index is 0.160. The summed E-state index contributed by atoms with van der Waals surface area (Å²) >= 11 is -2.31. The predicted molar refractivity (Wildman–Crippen MR) is 204 cm³/mol. The van der Waals surface area contributed by atoms with E-state index in [1.165, 1.54) is 141 Å². The minimum atomic E-state index is -2.31. The van der Waals surface area contributed by atoms with Crippen molar-refractivity contribution in [3.05, 3.63) is 57.6 Å². The molecular formula is C40H60Cl2N2PRu+. The van der Waals surface area contributed by atoms with Crippen LogP contribution in [0, 0.1) is 41.5 Å². The van der Waals surface area contributed by atoms with Crippen LogP contribution in [0.25, 0.3) is 0 Å². The van der Waals surface area contributed by atoms with E-state index in [0.29, 0.717) is 0 Å². The van der Waals surface area contributed by atoms with Gasteiger partial charge >= 0.3 is 297 Å². The summed E-state index contributed by atoms with van der Waals surface area (Å²) in [4.78, 5) is 5.68. The Balaban J connectivity index is 1.64. The van der Waals surface area contributed by atoms with Crippen molar-refractivity contribution in [2.24, 2.45) is 0 Å². The second-order valence-corrected chi connectivity index (χ2v) is 26.3. The molecule has 3 saturated carbocycles. The van der Waals surface area contributed by atoms with Gasteiger partial charge in [0.05, 0.1) is 0 Å². The van der Waals surface area contributed by atoms with E-state index in [9.17, 15) is 0 Å². The average molecular weight is 772 g/mol. The standard InChI is InChI=1S/C40H60N2P.2ClH.Ru/c1-29-24-31(3)39(32(4)25-29)41-22-23-42(40-33(5)26-30(2)27-34(40)6)38(41)28-43(35-16-10-7-11-17-35,36-18-12-8-13-19-36)37-20-14-9-15-21-37;;;/h24-27,35-38H,7-23H2,1-6H3;2*1H;/q+1;;;+2/p-2. The molecule has 4 aliphatic rings. The fraction of sp³-hybridized carbons (Fsp3) is 0.675. The Morgan fingerprint density at radius 3 is 1.13 bits per heavy atom. The molecule has 0 bridgehead atoms. The van der Waals surface area contributed by atoms with Crippen LogP contribution in [0.5, 0.6) is 0 Å². The summed E-state index contributed by atoms with van der Waals surface area (Å²) < 4.78 is 1.74. The molecule has 46 heavy (non-hydrogen) atoms. The molecule has 1 saturated heterocycles. The van der Waals surface area contributed by atoms with E-state index in [-0.39, 0.29) is 6.17 Å². The van der Waals surface area contributed by atoms with E-state index in [4.69, 9.17) is 19.4 Å².